The molecule has 2 nitrogen and oxygen atoms in total. The average molecular weight is 353 g/mol. The van der Waals surface area contributed by atoms with Crippen LogP contribution in [0.4, 0.5) is 5.69 Å². The van der Waals surface area contributed by atoms with Gasteiger partial charge >= 0.3 is 0 Å². The lowest BCUT2D eigenvalue weighted by Crippen LogP contribution is -2.31. The molecule has 1 heterocycles. The number of nitrogens with zero attached hydrogens (tertiary/aromatic N) is 1. The minimum absolute atomic E-state index is 0.460. The summed E-state index contributed by atoms with van der Waals surface area (Å²) in [4.78, 5) is 3.86. The van der Waals surface area contributed by atoms with Crippen molar-refractivity contribution < 1.29 is 0 Å². The second kappa shape index (κ2) is 7.25. The predicted octanol–water partition coefficient (Wildman–Crippen LogP) is 4.65. The molecule has 0 amide bonds. The fourth-order valence-electron chi connectivity index (χ4n) is 2.26. The Balaban J connectivity index is 2.35. The molecule has 1 aromatic carbocycles. The molecule has 2 rings (SSSR count). The van der Waals surface area contributed by atoms with Gasteiger partial charge in [0.1, 0.15) is 0 Å². The molecule has 1 aromatic heterocycles. The van der Waals surface area contributed by atoms with Crippen molar-refractivity contribution in [1.82, 2.24) is 5.32 Å². The van der Waals surface area contributed by atoms with Crippen LogP contribution < -0.4 is 10.2 Å². The van der Waals surface area contributed by atoms with Gasteiger partial charge in [-0.1, -0.05) is 28.1 Å². The summed E-state index contributed by atoms with van der Waals surface area (Å²) in [5, 5.41) is 5.40. The molecule has 1 N–H and O–H groups in total. The molecule has 20 heavy (non-hydrogen) atoms. The molecular formula is C16H21BrN2S. The maximum absolute atomic E-state index is 3.60. The van der Waals surface area contributed by atoms with E-state index in [9.17, 15) is 0 Å². The van der Waals surface area contributed by atoms with Crippen LogP contribution in [0.1, 0.15) is 24.3 Å². The van der Waals surface area contributed by atoms with E-state index in [0.29, 0.717) is 6.04 Å². The number of benzene rings is 1. The van der Waals surface area contributed by atoms with Gasteiger partial charge in [-0.05, 0) is 50.0 Å². The fourth-order valence-corrected chi connectivity index (χ4v) is 3.31. The zero-order chi connectivity index (χ0) is 14.5. The molecule has 108 valence electrons. The third kappa shape index (κ3) is 3.84. The minimum atomic E-state index is 0.460. The molecule has 2 aromatic rings. The molecule has 0 spiro atoms. The van der Waals surface area contributed by atoms with Crippen molar-refractivity contribution >= 4 is 33.0 Å². The maximum Gasteiger partial charge on any atom is 0.0525 e. The Bertz CT molecular complexity index is 537. The average Bonchev–Trinajstić information content (AvgIpc) is 2.91. The van der Waals surface area contributed by atoms with Gasteiger partial charge in [0.15, 0.2) is 0 Å². The lowest BCUT2D eigenvalue weighted by molar-refractivity contribution is 0.678. The molecule has 0 unspecified atom stereocenters. The number of hydrogen-bond acceptors (Lipinski definition) is 3. The summed E-state index contributed by atoms with van der Waals surface area (Å²) in [6.07, 6.45) is 0. The van der Waals surface area contributed by atoms with Gasteiger partial charge in [0, 0.05) is 27.6 Å². The highest BCUT2D eigenvalue weighted by molar-refractivity contribution is 9.10. The molecule has 0 aliphatic rings. The van der Waals surface area contributed by atoms with E-state index in [4.69, 9.17) is 0 Å². The third-order valence-electron chi connectivity index (χ3n) is 3.25. The predicted molar refractivity (Wildman–Crippen MR) is 92.5 cm³/mol. The summed E-state index contributed by atoms with van der Waals surface area (Å²) in [6, 6.07) is 11.3. The van der Waals surface area contributed by atoms with Crippen molar-refractivity contribution in [3.63, 3.8) is 0 Å². The maximum atomic E-state index is 3.60. The van der Waals surface area contributed by atoms with Crippen LogP contribution in [0, 0.1) is 0 Å². The first kappa shape index (κ1) is 15.5. The number of thiophene rings is 1. The van der Waals surface area contributed by atoms with Gasteiger partial charge in [0.05, 0.1) is 6.54 Å². The Hall–Kier alpha value is -0.840. The molecule has 0 bridgehead atoms. The van der Waals surface area contributed by atoms with Gasteiger partial charge in [0.25, 0.3) is 0 Å². The van der Waals surface area contributed by atoms with E-state index in [0.717, 1.165) is 17.6 Å². The van der Waals surface area contributed by atoms with Crippen LogP contribution in [0.25, 0.3) is 0 Å². The quantitative estimate of drug-likeness (QED) is 0.814. The molecular weight excluding hydrogens is 332 g/mol. The summed E-state index contributed by atoms with van der Waals surface area (Å²) in [6.45, 7) is 6.34. The summed E-state index contributed by atoms with van der Waals surface area (Å²) < 4.78 is 1.13. The van der Waals surface area contributed by atoms with Crippen molar-refractivity contribution in [2.45, 2.75) is 33.0 Å². The van der Waals surface area contributed by atoms with E-state index in [2.05, 4.69) is 75.7 Å². The van der Waals surface area contributed by atoms with Crippen LogP contribution in [0.5, 0.6) is 0 Å². The smallest absolute Gasteiger partial charge is 0.0525 e. The fraction of sp³-hybridized carbons (Fsp3) is 0.375. The van der Waals surface area contributed by atoms with E-state index in [-0.39, 0.29) is 0 Å². The van der Waals surface area contributed by atoms with Gasteiger partial charge in [-0.3, -0.25) is 0 Å². The van der Waals surface area contributed by atoms with E-state index in [1.54, 1.807) is 0 Å². The molecule has 0 saturated heterocycles. The third-order valence-corrected chi connectivity index (χ3v) is 4.61. The Labute approximate surface area is 133 Å². The second-order valence-electron chi connectivity index (χ2n) is 5.10. The lowest BCUT2D eigenvalue weighted by atomic mass is 10.1. The standard InChI is InChI=1S/C16H21BrN2S/c1-12(2)19(11-15-5-4-8-20-15)16-9-14(17)7-6-13(16)10-18-3/h4-9,12,18H,10-11H2,1-3H3. The van der Waals surface area contributed by atoms with Crippen molar-refractivity contribution in [3.8, 4) is 0 Å². The van der Waals surface area contributed by atoms with E-state index < -0.39 is 0 Å². The second-order valence-corrected chi connectivity index (χ2v) is 7.05. The molecule has 0 aliphatic heterocycles. The number of rotatable bonds is 6. The highest BCUT2D eigenvalue weighted by Crippen LogP contribution is 2.29. The van der Waals surface area contributed by atoms with Crippen molar-refractivity contribution in [2.24, 2.45) is 0 Å². The normalized spacial score (nSPS) is 11.1. The summed E-state index contributed by atoms with van der Waals surface area (Å²) in [5.41, 5.74) is 2.64. The van der Waals surface area contributed by atoms with E-state index in [1.807, 2.05) is 18.4 Å². The molecule has 0 radical (unpaired) electrons. The number of anilines is 1. The Morgan fingerprint density at radius 1 is 1.30 bits per heavy atom. The zero-order valence-corrected chi connectivity index (χ0v) is 14.6. The van der Waals surface area contributed by atoms with Crippen LogP contribution in [0.2, 0.25) is 0 Å². The van der Waals surface area contributed by atoms with Crippen LogP contribution >= 0.6 is 27.3 Å². The largest absolute Gasteiger partial charge is 0.364 e. The molecule has 0 saturated carbocycles. The van der Waals surface area contributed by atoms with Crippen LogP contribution in [0.3, 0.4) is 0 Å². The molecule has 0 atom stereocenters. The highest BCUT2D eigenvalue weighted by atomic mass is 79.9. The Morgan fingerprint density at radius 2 is 2.10 bits per heavy atom. The Kier molecular flexibility index (Phi) is 5.64. The Morgan fingerprint density at radius 3 is 2.70 bits per heavy atom. The van der Waals surface area contributed by atoms with Crippen LogP contribution in [-0.2, 0) is 13.1 Å². The number of halogens is 1. The summed E-state index contributed by atoms with van der Waals surface area (Å²) in [7, 11) is 1.99. The van der Waals surface area contributed by atoms with Gasteiger partial charge in [-0.2, -0.15) is 0 Å². The van der Waals surface area contributed by atoms with Gasteiger partial charge in [-0.15, -0.1) is 11.3 Å². The SMILES string of the molecule is CNCc1ccc(Br)cc1N(Cc1cccs1)C(C)C. The van der Waals surface area contributed by atoms with Crippen molar-refractivity contribution in [1.29, 1.82) is 0 Å². The van der Waals surface area contributed by atoms with Crippen molar-refractivity contribution in [2.75, 3.05) is 11.9 Å². The van der Waals surface area contributed by atoms with E-state index in [1.165, 1.54) is 16.1 Å². The monoisotopic (exact) mass is 352 g/mol. The number of nitrogens with one attached hydrogen (secondary N) is 1. The van der Waals surface area contributed by atoms with Crippen molar-refractivity contribution in [3.05, 3.63) is 50.6 Å². The molecule has 0 aliphatic carbocycles. The summed E-state index contributed by atoms with van der Waals surface area (Å²) >= 11 is 5.42. The minimum Gasteiger partial charge on any atom is -0.364 e. The topological polar surface area (TPSA) is 15.3 Å². The van der Waals surface area contributed by atoms with E-state index >= 15 is 0 Å². The van der Waals surface area contributed by atoms with Gasteiger partial charge in [0.2, 0.25) is 0 Å². The van der Waals surface area contributed by atoms with Gasteiger partial charge < -0.3 is 10.2 Å². The first-order valence-corrected chi connectivity index (χ1v) is 8.51. The summed E-state index contributed by atoms with van der Waals surface area (Å²) in [5.74, 6) is 0. The molecule has 4 heteroatoms. The van der Waals surface area contributed by atoms with Crippen LogP contribution in [-0.4, -0.2) is 13.1 Å². The zero-order valence-electron chi connectivity index (χ0n) is 12.2. The van der Waals surface area contributed by atoms with Crippen LogP contribution in [0.15, 0.2) is 40.2 Å². The van der Waals surface area contributed by atoms with Gasteiger partial charge in [-0.25, -0.2) is 0 Å². The lowest BCUT2D eigenvalue weighted by Gasteiger charge is -2.31. The first-order chi connectivity index (χ1) is 9.61. The molecule has 0 fully saturated rings. The number of hydrogen-bond donors (Lipinski definition) is 1. The first-order valence-electron chi connectivity index (χ1n) is 6.84. The highest BCUT2D eigenvalue weighted by Gasteiger charge is 2.15.